The molecule has 1 unspecified atom stereocenters. The van der Waals surface area contributed by atoms with Crippen LogP contribution in [0, 0.1) is 11.3 Å². The molecule has 61 heavy (non-hydrogen) atoms. The molecule has 10 aromatic rings. The summed E-state index contributed by atoms with van der Waals surface area (Å²) in [5.41, 5.74) is 16.7. The van der Waals surface area contributed by atoms with Crippen LogP contribution in [-0.4, -0.2) is 0 Å². The minimum absolute atomic E-state index is 0.128. The summed E-state index contributed by atoms with van der Waals surface area (Å²) in [7, 11) is 0. The third kappa shape index (κ3) is 6.29. The molecule has 0 fully saturated rings. The van der Waals surface area contributed by atoms with Crippen LogP contribution in [-0.2, 0) is 11.8 Å². The van der Waals surface area contributed by atoms with Gasteiger partial charge in [-0.15, -0.1) is 11.3 Å². The minimum atomic E-state index is -0.459. The lowest BCUT2D eigenvalue weighted by Crippen LogP contribution is -2.28. The zero-order valence-corrected chi connectivity index (χ0v) is 34.4. The van der Waals surface area contributed by atoms with Gasteiger partial charge >= 0.3 is 0 Å². The zero-order chi connectivity index (χ0) is 40.8. The maximum absolute atomic E-state index is 9.69. The molecule has 0 bridgehead atoms. The van der Waals surface area contributed by atoms with Gasteiger partial charge in [0.15, 0.2) is 0 Å². The number of aryl methyl sites for hydroxylation is 1. The second-order valence-electron chi connectivity index (χ2n) is 16.2. The number of hydrogen-bond acceptors (Lipinski definition) is 2. The number of fused-ring (bicyclic) bond motifs is 6. The molecular formula is C59H41NS. The lowest BCUT2D eigenvalue weighted by atomic mass is 9.67. The predicted octanol–water partition coefficient (Wildman–Crippen LogP) is 15.4. The Morgan fingerprint density at radius 3 is 1.75 bits per heavy atom. The molecule has 0 radical (unpaired) electrons. The van der Waals surface area contributed by atoms with Gasteiger partial charge in [-0.2, -0.15) is 5.26 Å². The molecule has 1 aliphatic carbocycles. The van der Waals surface area contributed by atoms with E-state index in [0.29, 0.717) is 5.56 Å². The van der Waals surface area contributed by atoms with Gasteiger partial charge in [-0.1, -0.05) is 200 Å². The first-order valence-corrected chi connectivity index (χ1v) is 22.0. The topological polar surface area (TPSA) is 23.8 Å². The Bertz CT molecular complexity index is 3190. The van der Waals surface area contributed by atoms with Gasteiger partial charge < -0.3 is 0 Å². The summed E-state index contributed by atoms with van der Waals surface area (Å²) in [5, 5.41) is 12.3. The third-order valence-electron chi connectivity index (χ3n) is 12.9. The van der Waals surface area contributed by atoms with Crippen molar-refractivity contribution < 1.29 is 0 Å². The SMILES string of the molecule is N#Cc1ccc(C(CCc2ccc(-c3ccc(-c4cccc5c4sc4ccccc45)cc3)cc2)c2ccc3c(c2)C(c2ccccc2)(c2ccccc2)c2ccccc2-3)cc1. The van der Waals surface area contributed by atoms with Crippen LogP contribution in [0.3, 0.4) is 0 Å². The molecule has 9 aromatic carbocycles. The molecule has 288 valence electrons. The summed E-state index contributed by atoms with van der Waals surface area (Å²) in [6.07, 6.45) is 1.85. The Kier molecular flexibility index (Phi) is 9.26. The van der Waals surface area contributed by atoms with Gasteiger partial charge in [-0.3, -0.25) is 0 Å². The van der Waals surface area contributed by atoms with Crippen molar-refractivity contribution in [2.24, 2.45) is 0 Å². The third-order valence-corrected chi connectivity index (χ3v) is 14.2. The van der Waals surface area contributed by atoms with Crippen LogP contribution < -0.4 is 0 Å². The first-order chi connectivity index (χ1) is 30.2. The molecule has 0 saturated carbocycles. The van der Waals surface area contributed by atoms with E-state index in [0.717, 1.165) is 12.8 Å². The van der Waals surface area contributed by atoms with E-state index < -0.39 is 5.41 Å². The number of rotatable bonds is 9. The Labute approximate surface area is 361 Å². The molecule has 1 atom stereocenters. The summed E-state index contributed by atoms with van der Waals surface area (Å²) < 4.78 is 2.67. The number of nitriles is 1. The lowest BCUT2D eigenvalue weighted by Gasteiger charge is -2.34. The highest BCUT2D eigenvalue weighted by Crippen LogP contribution is 2.56. The molecule has 0 spiro atoms. The van der Waals surface area contributed by atoms with Crippen molar-refractivity contribution in [1.29, 1.82) is 5.26 Å². The smallest absolute Gasteiger partial charge is 0.0991 e. The van der Waals surface area contributed by atoms with Crippen LogP contribution in [0.2, 0.25) is 0 Å². The molecule has 0 amide bonds. The molecule has 2 heteroatoms. The van der Waals surface area contributed by atoms with E-state index in [9.17, 15) is 5.26 Å². The summed E-state index contributed by atoms with van der Waals surface area (Å²) in [4.78, 5) is 0. The Morgan fingerprint density at radius 2 is 1.03 bits per heavy atom. The van der Waals surface area contributed by atoms with E-state index in [2.05, 4.69) is 212 Å². The molecule has 1 nitrogen and oxygen atoms in total. The minimum Gasteiger partial charge on any atom is -0.192 e. The number of thiophene rings is 1. The first-order valence-electron chi connectivity index (χ1n) is 21.1. The van der Waals surface area contributed by atoms with Crippen molar-refractivity contribution in [3.63, 3.8) is 0 Å². The number of nitrogens with zero attached hydrogens (tertiary/aromatic N) is 1. The molecule has 1 aromatic heterocycles. The molecule has 1 aliphatic rings. The average molecular weight is 796 g/mol. The van der Waals surface area contributed by atoms with Gasteiger partial charge in [-0.05, 0) is 103 Å². The average Bonchev–Trinajstić information content (AvgIpc) is 3.87. The highest BCUT2D eigenvalue weighted by atomic mass is 32.1. The van der Waals surface area contributed by atoms with Gasteiger partial charge in [0.05, 0.1) is 17.0 Å². The fraction of sp³-hybridized carbons (Fsp3) is 0.0678. The predicted molar refractivity (Wildman–Crippen MR) is 255 cm³/mol. The summed E-state index contributed by atoms with van der Waals surface area (Å²) >= 11 is 1.88. The summed E-state index contributed by atoms with van der Waals surface area (Å²) in [5.74, 6) is 0.128. The monoisotopic (exact) mass is 795 g/mol. The fourth-order valence-electron chi connectivity index (χ4n) is 9.99. The van der Waals surface area contributed by atoms with Crippen molar-refractivity contribution >= 4 is 31.5 Å². The normalized spacial score (nSPS) is 13.1. The molecule has 11 rings (SSSR count). The number of hydrogen-bond donors (Lipinski definition) is 0. The van der Waals surface area contributed by atoms with Crippen LogP contribution in [0.5, 0.6) is 0 Å². The molecule has 1 heterocycles. The van der Waals surface area contributed by atoms with Crippen LogP contribution in [0.15, 0.2) is 218 Å². The maximum Gasteiger partial charge on any atom is 0.0991 e. The van der Waals surface area contributed by atoms with E-state index in [1.165, 1.54) is 92.5 Å². The van der Waals surface area contributed by atoms with Crippen molar-refractivity contribution in [3.8, 4) is 39.4 Å². The Hall–Kier alpha value is -7.31. The van der Waals surface area contributed by atoms with E-state index in [1.807, 2.05) is 23.5 Å². The van der Waals surface area contributed by atoms with E-state index in [4.69, 9.17) is 0 Å². The fourth-order valence-corrected chi connectivity index (χ4v) is 11.2. The highest BCUT2D eigenvalue weighted by Gasteiger charge is 2.46. The summed E-state index contributed by atoms with van der Waals surface area (Å²) in [6.45, 7) is 0. The first kappa shape index (κ1) is 36.7. The lowest BCUT2D eigenvalue weighted by molar-refractivity contribution is 0.708. The highest BCUT2D eigenvalue weighted by molar-refractivity contribution is 7.26. The van der Waals surface area contributed by atoms with Gasteiger partial charge in [0.2, 0.25) is 0 Å². The van der Waals surface area contributed by atoms with E-state index >= 15 is 0 Å². The van der Waals surface area contributed by atoms with Crippen LogP contribution in [0.4, 0.5) is 0 Å². The summed E-state index contributed by atoms with van der Waals surface area (Å²) in [6, 6.07) is 82.3. The molecular weight excluding hydrogens is 755 g/mol. The molecule has 0 saturated heterocycles. The standard InChI is InChI=1S/C59H41NS/c60-39-41-24-29-44(30-25-41)49(46-35-37-52-51-16-7-9-20-55(51)59(56(52)38-46,47-12-3-1-4-13-47)48-14-5-2-6-15-48)36-26-40-22-27-42(28-23-40)43-31-33-45(34-32-43)50-18-11-19-54-53-17-8-10-21-57(53)61-58(50)54/h1-25,27-35,37-38,49H,26,36H2. The van der Waals surface area contributed by atoms with Gasteiger partial charge in [-0.25, -0.2) is 0 Å². The maximum atomic E-state index is 9.69. The van der Waals surface area contributed by atoms with Gasteiger partial charge in [0, 0.05) is 26.1 Å². The van der Waals surface area contributed by atoms with Crippen molar-refractivity contribution in [3.05, 3.63) is 263 Å². The number of benzene rings is 9. The Balaban J connectivity index is 0.920. The zero-order valence-electron chi connectivity index (χ0n) is 33.6. The second-order valence-corrected chi connectivity index (χ2v) is 17.3. The van der Waals surface area contributed by atoms with Crippen molar-refractivity contribution in [2.45, 2.75) is 24.2 Å². The molecule has 0 N–H and O–H groups in total. The largest absolute Gasteiger partial charge is 0.192 e. The second kappa shape index (κ2) is 15.4. The quantitative estimate of drug-likeness (QED) is 0.143. The Morgan fingerprint density at radius 1 is 0.459 bits per heavy atom. The van der Waals surface area contributed by atoms with E-state index in [-0.39, 0.29) is 5.92 Å². The van der Waals surface area contributed by atoms with Crippen molar-refractivity contribution in [2.75, 3.05) is 0 Å². The van der Waals surface area contributed by atoms with Crippen LogP contribution in [0.1, 0.15) is 56.8 Å². The van der Waals surface area contributed by atoms with E-state index in [1.54, 1.807) is 0 Å². The van der Waals surface area contributed by atoms with Gasteiger partial charge in [0.25, 0.3) is 0 Å². The van der Waals surface area contributed by atoms with Gasteiger partial charge in [0.1, 0.15) is 0 Å². The van der Waals surface area contributed by atoms with Crippen LogP contribution in [0.25, 0.3) is 53.6 Å². The van der Waals surface area contributed by atoms with Crippen molar-refractivity contribution in [1.82, 2.24) is 0 Å². The van der Waals surface area contributed by atoms with Crippen LogP contribution >= 0.6 is 11.3 Å². The molecule has 0 aliphatic heterocycles.